The van der Waals surface area contributed by atoms with Crippen LogP contribution in [0.15, 0.2) is 29.8 Å². The maximum atomic E-state index is 13.8. The predicted octanol–water partition coefficient (Wildman–Crippen LogP) is 4.70. The van der Waals surface area contributed by atoms with E-state index in [1.807, 2.05) is 27.7 Å². The molecule has 0 spiro atoms. The first kappa shape index (κ1) is 34.8. The summed E-state index contributed by atoms with van der Waals surface area (Å²) < 4.78 is 11.7. The van der Waals surface area contributed by atoms with E-state index in [-0.39, 0.29) is 23.8 Å². The number of thiazole rings is 1. The van der Waals surface area contributed by atoms with Crippen LogP contribution in [-0.4, -0.2) is 114 Å². The van der Waals surface area contributed by atoms with E-state index in [9.17, 15) is 19.2 Å². The van der Waals surface area contributed by atoms with Gasteiger partial charge in [0.15, 0.2) is 0 Å². The third kappa shape index (κ3) is 9.67. The summed E-state index contributed by atoms with van der Waals surface area (Å²) in [6, 6.07) is 6.26. The highest BCUT2D eigenvalue weighted by Gasteiger charge is 2.31. The Kier molecular flexibility index (Phi) is 12.6. The summed E-state index contributed by atoms with van der Waals surface area (Å²) in [6.07, 6.45) is 2.44. The Labute approximate surface area is 265 Å². The molecular weight excluding hydrogens is 582 g/mol. The minimum atomic E-state index is -0.736. The molecule has 1 aliphatic rings. The summed E-state index contributed by atoms with van der Waals surface area (Å²) in [4.78, 5) is 64.6. The molecule has 0 N–H and O–H groups in total. The highest BCUT2D eigenvalue weighted by molar-refractivity contribution is 7.11. The van der Waals surface area contributed by atoms with E-state index in [1.54, 1.807) is 65.6 Å². The second kappa shape index (κ2) is 15.9. The average molecular weight is 630 g/mol. The van der Waals surface area contributed by atoms with E-state index in [4.69, 9.17) is 9.47 Å². The van der Waals surface area contributed by atoms with Crippen LogP contribution < -0.4 is 4.74 Å². The van der Waals surface area contributed by atoms with Gasteiger partial charge in [0.25, 0.3) is 11.8 Å². The lowest BCUT2D eigenvalue weighted by atomic mass is 10.1. The zero-order chi connectivity index (χ0) is 32.4. The fourth-order valence-corrected chi connectivity index (χ4v) is 5.76. The molecule has 0 fully saturated rings. The lowest BCUT2D eigenvalue weighted by Gasteiger charge is -2.32. The second-order valence-electron chi connectivity index (χ2n) is 12.2. The Balaban J connectivity index is 1.79. The Bertz CT molecular complexity index is 1290. The van der Waals surface area contributed by atoms with Gasteiger partial charge >= 0.3 is 6.09 Å². The number of ether oxygens (including phenoxy) is 2. The van der Waals surface area contributed by atoms with Crippen LogP contribution in [-0.2, 0) is 9.53 Å². The number of aromatic nitrogens is 1. The van der Waals surface area contributed by atoms with Crippen molar-refractivity contribution in [3.05, 3.63) is 45.9 Å². The van der Waals surface area contributed by atoms with Crippen molar-refractivity contribution < 1.29 is 28.7 Å². The lowest BCUT2D eigenvalue weighted by Crippen LogP contribution is -2.49. The predicted molar refractivity (Wildman–Crippen MR) is 170 cm³/mol. The number of hydrogen-bond acceptors (Lipinski definition) is 8. The number of fused-ring (bicyclic) bond motifs is 1. The maximum absolute atomic E-state index is 13.8. The highest BCUT2D eigenvalue weighted by Crippen LogP contribution is 2.23. The van der Waals surface area contributed by atoms with Gasteiger partial charge in [-0.05, 0) is 71.9 Å². The molecule has 0 bridgehead atoms. The molecule has 4 amide bonds. The largest absolute Gasteiger partial charge is 0.493 e. The zero-order valence-electron chi connectivity index (χ0n) is 27.1. The van der Waals surface area contributed by atoms with Crippen LogP contribution in [0.5, 0.6) is 5.75 Å². The van der Waals surface area contributed by atoms with Crippen LogP contribution in [0.3, 0.4) is 0 Å². The molecule has 0 saturated heterocycles. The van der Waals surface area contributed by atoms with Crippen molar-refractivity contribution in [3.63, 3.8) is 0 Å². The quantitative estimate of drug-likeness (QED) is 0.471. The molecule has 1 aliphatic heterocycles. The molecule has 0 aliphatic carbocycles. The highest BCUT2D eigenvalue weighted by atomic mass is 32.1. The minimum Gasteiger partial charge on any atom is -0.493 e. The van der Waals surface area contributed by atoms with E-state index in [2.05, 4.69) is 4.98 Å². The second-order valence-corrected chi connectivity index (χ2v) is 13.1. The van der Waals surface area contributed by atoms with Crippen LogP contribution in [0.25, 0.3) is 0 Å². The first-order chi connectivity index (χ1) is 20.8. The van der Waals surface area contributed by atoms with Gasteiger partial charge < -0.3 is 29.1 Å². The number of aryl methyl sites for hydroxylation is 1. The van der Waals surface area contributed by atoms with Gasteiger partial charge in [-0.1, -0.05) is 12.1 Å². The first-order valence-electron chi connectivity index (χ1n) is 15.2. The van der Waals surface area contributed by atoms with Crippen molar-refractivity contribution in [2.24, 2.45) is 0 Å². The normalized spacial score (nSPS) is 17.6. The molecular formula is C32H47N5O6S. The number of amides is 4. The van der Waals surface area contributed by atoms with Crippen LogP contribution in [0.2, 0.25) is 0 Å². The van der Waals surface area contributed by atoms with Gasteiger partial charge in [0.2, 0.25) is 5.91 Å². The molecule has 0 radical (unpaired) electrons. The van der Waals surface area contributed by atoms with Crippen LogP contribution in [0.4, 0.5) is 4.79 Å². The molecule has 1 aromatic carbocycles. The van der Waals surface area contributed by atoms with Crippen molar-refractivity contribution in [3.8, 4) is 5.75 Å². The Morgan fingerprint density at radius 1 is 1.09 bits per heavy atom. The number of nitrogens with zero attached hydrogens (tertiary/aromatic N) is 5. The number of carbonyl (C=O) groups excluding carboxylic acids is 4. The van der Waals surface area contributed by atoms with Crippen molar-refractivity contribution in [1.29, 1.82) is 0 Å². The van der Waals surface area contributed by atoms with Gasteiger partial charge in [-0.25, -0.2) is 9.78 Å². The Morgan fingerprint density at radius 2 is 1.77 bits per heavy atom. The molecule has 3 rings (SSSR count). The van der Waals surface area contributed by atoms with E-state index in [0.29, 0.717) is 86.8 Å². The molecule has 0 saturated carbocycles. The summed E-state index contributed by atoms with van der Waals surface area (Å²) in [7, 11) is 5.12. The smallest absolute Gasteiger partial charge is 0.410 e. The van der Waals surface area contributed by atoms with Crippen molar-refractivity contribution in [2.75, 3.05) is 53.9 Å². The van der Waals surface area contributed by atoms with Crippen LogP contribution in [0.1, 0.15) is 78.6 Å². The molecule has 2 aromatic rings. The number of carbonyl (C=O) groups is 4. The minimum absolute atomic E-state index is 0.109. The molecule has 11 nitrogen and oxygen atoms in total. The summed E-state index contributed by atoms with van der Waals surface area (Å²) in [5, 5.41) is 0. The van der Waals surface area contributed by atoms with E-state index in [0.717, 1.165) is 0 Å². The van der Waals surface area contributed by atoms with Gasteiger partial charge in [-0.15, -0.1) is 11.3 Å². The van der Waals surface area contributed by atoms with Crippen LogP contribution >= 0.6 is 11.3 Å². The molecule has 44 heavy (non-hydrogen) atoms. The monoisotopic (exact) mass is 629 g/mol. The number of hydrogen-bond donors (Lipinski definition) is 0. The Morgan fingerprint density at radius 3 is 2.45 bits per heavy atom. The average Bonchev–Trinajstić information content (AvgIpc) is 3.41. The lowest BCUT2D eigenvalue weighted by molar-refractivity contribution is -0.134. The number of para-hydroxylation sites is 1. The summed E-state index contributed by atoms with van der Waals surface area (Å²) >= 11 is 1.31. The third-order valence-electron chi connectivity index (χ3n) is 7.48. The Hall–Kier alpha value is -3.67. The summed E-state index contributed by atoms with van der Waals surface area (Å²) in [5.74, 6) is -0.186. The topological polar surface area (TPSA) is 113 Å². The van der Waals surface area contributed by atoms with E-state index >= 15 is 0 Å². The van der Waals surface area contributed by atoms with E-state index in [1.165, 1.54) is 16.2 Å². The van der Waals surface area contributed by atoms with Gasteiger partial charge in [0.1, 0.15) is 22.3 Å². The SMILES string of the molecule is Cc1ncsc1C(=O)N(C)CCC[C@H]1C(=O)N(C)CCCCN(C(=O)OC(C)(C)C)CCCOc2ccccc2C(=O)N1C. The summed E-state index contributed by atoms with van der Waals surface area (Å²) in [5.41, 5.74) is 2.10. The third-order valence-corrected chi connectivity index (χ3v) is 8.39. The fraction of sp³-hybridized carbons (Fsp3) is 0.594. The van der Waals surface area contributed by atoms with Gasteiger partial charge in [0.05, 0.1) is 23.4 Å². The zero-order valence-corrected chi connectivity index (χ0v) is 27.9. The van der Waals surface area contributed by atoms with E-state index < -0.39 is 11.6 Å². The molecule has 12 heteroatoms. The molecule has 1 atom stereocenters. The molecule has 0 unspecified atom stereocenters. The summed E-state index contributed by atoms with van der Waals surface area (Å²) in [6.45, 7) is 9.46. The standard InChI is InChI=1S/C32H47N5O6S/c1-23-27(44-22-33-23)30(40)35(6)18-12-15-25-29(39)34(5)17-10-11-19-37(31(41)43-32(2,3)4)20-13-21-42-26-16-9-8-14-24(26)28(38)36(25)7/h8-9,14,16,22,25H,10-13,15,17-21H2,1-7H3/t25-/m0/s1. The first-order valence-corrected chi connectivity index (χ1v) is 16.1. The van der Waals surface area contributed by atoms with Gasteiger partial charge in [-0.3, -0.25) is 14.4 Å². The number of rotatable bonds is 5. The van der Waals surface area contributed by atoms with Gasteiger partial charge in [0, 0.05) is 47.3 Å². The maximum Gasteiger partial charge on any atom is 0.410 e. The molecule has 2 heterocycles. The van der Waals surface area contributed by atoms with Gasteiger partial charge in [-0.2, -0.15) is 0 Å². The van der Waals surface area contributed by atoms with Crippen molar-refractivity contribution in [1.82, 2.24) is 24.6 Å². The fourth-order valence-electron chi connectivity index (χ4n) is 4.96. The van der Waals surface area contributed by atoms with Crippen molar-refractivity contribution >= 4 is 35.2 Å². The van der Waals surface area contributed by atoms with Crippen molar-refractivity contribution in [2.45, 2.75) is 71.4 Å². The number of likely N-dealkylation sites (N-methyl/N-ethyl adjacent to an activating group) is 2. The molecule has 1 aromatic heterocycles. The molecule has 242 valence electrons. The van der Waals surface area contributed by atoms with Crippen LogP contribution in [0, 0.1) is 6.92 Å². The number of benzene rings is 1.